The van der Waals surface area contributed by atoms with Gasteiger partial charge in [0.15, 0.2) is 11.6 Å². The van der Waals surface area contributed by atoms with Crippen molar-refractivity contribution in [2.24, 2.45) is 17.3 Å². The van der Waals surface area contributed by atoms with Crippen molar-refractivity contribution in [2.75, 3.05) is 13.2 Å². The van der Waals surface area contributed by atoms with Crippen LogP contribution in [0.2, 0.25) is 0 Å². The second-order valence-electron chi connectivity index (χ2n) is 6.00. The van der Waals surface area contributed by atoms with Crippen LogP contribution in [-0.4, -0.2) is 24.8 Å². The molecule has 0 radical (unpaired) electrons. The maximum Gasteiger partial charge on any atom is 0.171 e. The molecular weight excluding hydrogens is 216 g/mol. The summed E-state index contributed by atoms with van der Waals surface area (Å²) in [6.07, 6.45) is 8.90. The SMILES string of the molecule is O=C1C=CC[C@H]2C[C@@H]3C[C@]12CCC31OCCO1. The van der Waals surface area contributed by atoms with Crippen molar-refractivity contribution in [1.82, 2.24) is 0 Å². The molecule has 1 heterocycles. The number of carbonyl (C=O) groups is 1. The molecule has 3 fully saturated rings. The van der Waals surface area contributed by atoms with Gasteiger partial charge in [0.2, 0.25) is 0 Å². The lowest BCUT2D eigenvalue weighted by molar-refractivity contribution is -0.213. The minimum absolute atomic E-state index is 0.0556. The molecule has 92 valence electrons. The highest BCUT2D eigenvalue weighted by atomic mass is 16.7. The first-order valence-corrected chi connectivity index (χ1v) is 6.74. The normalized spacial score (nSPS) is 46.5. The van der Waals surface area contributed by atoms with Crippen LogP contribution in [0.1, 0.15) is 32.1 Å². The Morgan fingerprint density at radius 3 is 2.82 bits per heavy atom. The summed E-state index contributed by atoms with van der Waals surface area (Å²) in [4.78, 5) is 12.2. The molecule has 4 aliphatic rings. The zero-order valence-electron chi connectivity index (χ0n) is 9.98. The standard InChI is InChI=1S/C14H18O3/c15-12-3-1-2-10-8-11-9-13(10,12)4-5-14(11)16-6-7-17-14/h1,3,10-11H,2,4-9H2/t10-,11+,13-/m0/s1. The Labute approximate surface area is 101 Å². The number of hydrogen-bond donors (Lipinski definition) is 0. The summed E-state index contributed by atoms with van der Waals surface area (Å²) in [7, 11) is 0. The lowest BCUT2D eigenvalue weighted by Gasteiger charge is -2.43. The fourth-order valence-electron chi connectivity index (χ4n) is 4.60. The Bertz CT molecular complexity index is 394. The quantitative estimate of drug-likeness (QED) is 0.643. The highest BCUT2D eigenvalue weighted by Gasteiger charge is 2.62. The zero-order valence-corrected chi connectivity index (χ0v) is 9.98. The predicted octanol–water partition coefficient (Wildman–Crippen LogP) is 2.06. The smallest absolute Gasteiger partial charge is 0.171 e. The number of allylic oxidation sites excluding steroid dienone is 2. The number of carbonyl (C=O) groups excluding carboxylic acids is 1. The maximum absolute atomic E-state index is 12.2. The van der Waals surface area contributed by atoms with Gasteiger partial charge in [0.1, 0.15) is 0 Å². The Balaban J connectivity index is 1.70. The highest BCUT2D eigenvalue weighted by Crippen LogP contribution is 2.62. The first-order chi connectivity index (χ1) is 8.25. The van der Waals surface area contributed by atoms with Gasteiger partial charge in [0, 0.05) is 17.8 Å². The molecular formula is C14H18O3. The topological polar surface area (TPSA) is 35.5 Å². The van der Waals surface area contributed by atoms with E-state index in [0.29, 0.717) is 17.6 Å². The second kappa shape index (κ2) is 3.21. The minimum Gasteiger partial charge on any atom is -0.347 e. The van der Waals surface area contributed by atoms with Gasteiger partial charge in [-0.3, -0.25) is 4.79 Å². The van der Waals surface area contributed by atoms with Gasteiger partial charge in [-0.2, -0.15) is 0 Å². The number of fused-ring (bicyclic) bond motifs is 2. The summed E-state index contributed by atoms with van der Waals surface area (Å²) < 4.78 is 11.8. The third-order valence-corrected chi connectivity index (χ3v) is 5.46. The van der Waals surface area contributed by atoms with E-state index in [4.69, 9.17) is 9.47 Å². The minimum atomic E-state index is -0.330. The Kier molecular flexibility index (Phi) is 1.94. The lowest BCUT2D eigenvalue weighted by Crippen LogP contribution is -2.46. The monoisotopic (exact) mass is 234 g/mol. The molecule has 3 atom stereocenters. The number of hydrogen-bond acceptors (Lipinski definition) is 3. The van der Waals surface area contributed by atoms with Crippen LogP contribution in [0.15, 0.2) is 12.2 Å². The number of ether oxygens (including phenoxy) is 2. The van der Waals surface area contributed by atoms with Crippen LogP contribution < -0.4 is 0 Å². The molecule has 17 heavy (non-hydrogen) atoms. The highest BCUT2D eigenvalue weighted by molar-refractivity contribution is 5.96. The fourth-order valence-corrected chi connectivity index (χ4v) is 4.60. The number of ketones is 1. The number of rotatable bonds is 0. The van der Waals surface area contributed by atoms with E-state index in [2.05, 4.69) is 6.08 Å². The van der Waals surface area contributed by atoms with E-state index in [9.17, 15) is 4.79 Å². The Morgan fingerprint density at radius 2 is 2.00 bits per heavy atom. The summed E-state index contributed by atoms with van der Waals surface area (Å²) >= 11 is 0. The van der Waals surface area contributed by atoms with Crippen molar-refractivity contribution in [1.29, 1.82) is 0 Å². The van der Waals surface area contributed by atoms with Crippen molar-refractivity contribution < 1.29 is 14.3 Å². The third-order valence-electron chi connectivity index (χ3n) is 5.46. The van der Waals surface area contributed by atoms with Crippen LogP contribution >= 0.6 is 0 Å². The van der Waals surface area contributed by atoms with Crippen molar-refractivity contribution in [3.63, 3.8) is 0 Å². The molecule has 2 spiro atoms. The molecule has 2 bridgehead atoms. The van der Waals surface area contributed by atoms with Crippen molar-refractivity contribution in [3.05, 3.63) is 12.2 Å². The predicted molar refractivity (Wildman–Crippen MR) is 61.3 cm³/mol. The van der Waals surface area contributed by atoms with E-state index >= 15 is 0 Å². The third kappa shape index (κ3) is 1.17. The van der Waals surface area contributed by atoms with Crippen molar-refractivity contribution >= 4 is 5.78 Å². The molecule has 3 aliphatic carbocycles. The van der Waals surface area contributed by atoms with E-state index in [1.807, 2.05) is 6.08 Å². The van der Waals surface area contributed by atoms with Gasteiger partial charge in [0.05, 0.1) is 13.2 Å². The second-order valence-corrected chi connectivity index (χ2v) is 6.00. The average Bonchev–Trinajstić information content (AvgIpc) is 2.89. The van der Waals surface area contributed by atoms with Gasteiger partial charge in [-0.05, 0) is 37.7 Å². The largest absolute Gasteiger partial charge is 0.347 e. The molecule has 0 N–H and O–H groups in total. The molecule has 0 aromatic heterocycles. The van der Waals surface area contributed by atoms with Gasteiger partial charge in [-0.15, -0.1) is 0 Å². The molecule has 1 aliphatic heterocycles. The van der Waals surface area contributed by atoms with Crippen LogP contribution in [0.5, 0.6) is 0 Å². The van der Waals surface area contributed by atoms with E-state index in [-0.39, 0.29) is 11.2 Å². The Morgan fingerprint density at radius 1 is 1.18 bits per heavy atom. The van der Waals surface area contributed by atoms with Gasteiger partial charge < -0.3 is 9.47 Å². The average molecular weight is 234 g/mol. The summed E-state index contributed by atoms with van der Waals surface area (Å²) in [5, 5.41) is 0. The van der Waals surface area contributed by atoms with Gasteiger partial charge in [-0.25, -0.2) is 0 Å². The van der Waals surface area contributed by atoms with Crippen LogP contribution in [0.4, 0.5) is 0 Å². The first kappa shape index (κ1) is 10.3. The fraction of sp³-hybridized carbons (Fsp3) is 0.786. The van der Waals surface area contributed by atoms with E-state index in [0.717, 1.165) is 45.3 Å². The van der Waals surface area contributed by atoms with E-state index < -0.39 is 0 Å². The van der Waals surface area contributed by atoms with Gasteiger partial charge in [-0.1, -0.05) is 6.08 Å². The summed E-state index contributed by atoms with van der Waals surface area (Å²) in [6.45, 7) is 1.45. The van der Waals surface area contributed by atoms with E-state index in [1.165, 1.54) is 0 Å². The first-order valence-electron chi connectivity index (χ1n) is 6.74. The van der Waals surface area contributed by atoms with Gasteiger partial charge >= 0.3 is 0 Å². The molecule has 0 unspecified atom stereocenters. The molecule has 0 amide bonds. The molecule has 0 aromatic rings. The summed E-state index contributed by atoms with van der Waals surface area (Å²) in [5.41, 5.74) is -0.0556. The van der Waals surface area contributed by atoms with Crippen LogP contribution in [0, 0.1) is 17.3 Å². The summed E-state index contributed by atoms with van der Waals surface area (Å²) in [5.74, 6) is 1.01. The maximum atomic E-state index is 12.2. The molecule has 0 aromatic carbocycles. The van der Waals surface area contributed by atoms with Crippen molar-refractivity contribution in [3.8, 4) is 0 Å². The van der Waals surface area contributed by atoms with Crippen LogP contribution in [0.3, 0.4) is 0 Å². The van der Waals surface area contributed by atoms with Gasteiger partial charge in [0.25, 0.3) is 0 Å². The zero-order chi connectivity index (χ0) is 11.5. The molecule has 2 saturated carbocycles. The van der Waals surface area contributed by atoms with Crippen LogP contribution in [0.25, 0.3) is 0 Å². The lowest BCUT2D eigenvalue weighted by atomic mass is 9.64. The van der Waals surface area contributed by atoms with Crippen LogP contribution in [-0.2, 0) is 14.3 Å². The van der Waals surface area contributed by atoms with Crippen molar-refractivity contribution in [2.45, 2.75) is 37.9 Å². The molecule has 3 heteroatoms. The van der Waals surface area contributed by atoms with E-state index in [1.54, 1.807) is 0 Å². The Hall–Kier alpha value is -0.670. The molecule has 3 nitrogen and oxygen atoms in total. The summed E-state index contributed by atoms with van der Waals surface area (Å²) in [6, 6.07) is 0. The molecule has 4 rings (SSSR count). The molecule has 1 saturated heterocycles.